The molecule has 2 nitrogen and oxygen atoms in total. The molecule has 0 bridgehead atoms. The Kier molecular flexibility index (Phi) is 8.07. The Morgan fingerprint density at radius 2 is 2.18 bits per heavy atom. The van der Waals surface area contributed by atoms with Crippen molar-refractivity contribution in [2.75, 3.05) is 25.7 Å². The van der Waals surface area contributed by atoms with Crippen molar-refractivity contribution in [2.24, 2.45) is 0 Å². The Bertz CT molecular complexity index is 104. The summed E-state index contributed by atoms with van der Waals surface area (Å²) in [6.45, 7) is 0.699. The summed E-state index contributed by atoms with van der Waals surface area (Å²) in [5.41, 5.74) is 0. The number of methoxy groups -OCH3 is 1. The molecule has 0 spiro atoms. The van der Waals surface area contributed by atoms with Gasteiger partial charge in [0.2, 0.25) is 0 Å². The second-order valence-corrected chi connectivity index (χ2v) is 3.36. The number of hydrogen-bond donors (Lipinski definition) is 0. The lowest BCUT2D eigenvalue weighted by Crippen LogP contribution is -2.01. The first-order chi connectivity index (χ1) is 5.31. The van der Waals surface area contributed by atoms with Gasteiger partial charge in [-0.25, -0.2) is 0 Å². The maximum absolute atomic E-state index is 11.0. The molecule has 0 aliphatic rings. The molecule has 0 N–H and O–H groups in total. The average molecular weight is 176 g/mol. The van der Waals surface area contributed by atoms with Gasteiger partial charge in [-0.05, 0) is 18.4 Å². The predicted molar refractivity (Wildman–Crippen MR) is 49.1 cm³/mol. The summed E-state index contributed by atoms with van der Waals surface area (Å²) in [5.74, 6) is 1.31. The largest absolute Gasteiger partial charge is 0.385 e. The van der Waals surface area contributed by atoms with E-state index >= 15 is 0 Å². The summed E-state index contributed by atoms with van der Waals surface area (Å²) in [5, 5.41) is 0. The van der Waals surface area contributed by atoms with Gasteiger partial charge >= 0.3 is 0 Å². The van der Waals surface area contributed by atoms with E-state index < -0.39 is 0 Å². The second-order valence-electron chi connectivity index (χ2n) is 2.38. The lowest BCUT2D eigenvalue weighted by Gasteiger charge is -1.98. The van der Waals surface area contributed by atoms with E-state index in [0.29, 0.717) is 25.2 Å². The van der Waals surface area contributed by atoms with Gasteiger partial charge < -0.3 is 4.74 Å². The summed E-state index contributed by atoms with van der Waals surface area (Å²) >= 11 is 1.72. The van der Waals surface area contributed by atoms with Crippen LogP contribution in [0, 0.1) is 0 Å². The normalized spacial score (nSPS) is 10.0. The number of hydrogen-bond acceptors (Lipinski definition) is 3. The molecule has 0 aromatic rings. The topological polar surface area (TPSA) is 26.3 Å². The molecular formula is C8H16O2S. The van der Waals surface area contributed by atoms with Crippen LogP contribution in [0.2, 0.25) is 0 Å². The van der Waals surface area contributed by atoms with Gasteiger partial charge in [0.15, 0.2) is 0 Å². The molecule has 0 atom stereocenters. The minimum atomic E-state index is 0.358. The molecule has 11 heavy (non-hydrogen) atoms. The molecular weight excluding hydrogens is 160 g/mol. The molecule has 0 radical (unpaired) electrons. The maximum Gasteiger partial charge on any atom is 0.133 e. The molecule has 66 valence electrons. The number of carbonyl (C=O) groups is 1. The predicted octanol–water partition coefficient (Wildman–Crippen LogP) is 1.74. The molecule has 0 fully saturated rings. The standard InChI is InChI=1S/C8H16O2S/c1-10-6-3-4-8(9)5-7-11-2/h3-7H2,1-2H3. The van der Waals surface area contributed by atoms with Crippen LogP contribution in [0.15, 0.2) is 0 Å². The van der Waals surface area contributed by atoms with Crippen molar-refractivity contribution in [3.05, 3.63) is 0 Å². The van der Waals surface area contributed by atoms with Crippen LogP contribution in [-0.2, 0) is 9.53 Å². The van der Waals surface area contributed by atoms with E-state index in [0.717, 1.165) is 12.2 Å². The van der Waals surface area contributed by atoms with E-state index in [1.54, 1.807) is 18.9 Å². The van der Waals surface area contributed by atoms with Crippen LogP contribution in [0.25, 0.3) is 0 Å². The zero-order chi connectivity index (χ0) is 8.53. The number of rotatable bonds is 7. The van der Waals surface area contributed by atoms with Gasteiger partial charge in [-0.2, -0.15) is 11.8 Å². The van der Waals surface area contributed by atoms with Gasteiger partial charge in [0.05, 0.1) is 0 Å². The van der Waals surface area contributed by atoms with Crippen LogP contribution in [0.4, 0.5) is 0 Å². The van der Waals surface area contributed by atoms with Gasteiger partial charge in [0.1, 0.15) is 5.78 Å². The number of Topliss-reactive ketones (excluding diaryl/α,β-unsaturated/α-hetero) is 1. The van der Waals surface area contributed by atoms with Crippen molar-refractivity contribution in [2.45, 2.75) is 19.3 Å². The zero-order valence-electron chi connectivity index (χ0n) is 7.26. The van der Waals surface area contributed by atoms with Gasteiger partial charge in [0.25, 0.3) is 0 Å². The molecule has 0 saturated carbocycles. The van der Waals surface area contributed by atoms with Crippen LogP contribution >= 0.6 is 11.8 Å². The minimum Gasteiger partial charge on any atom is -0.385 e. The van der Waals surface area contributed by atoms with E-state index in [4.69, 9.17) is 4.74 Å². The van der Waals surface area contributed by atoms with E-state index in [9.17, 15) is 4.79 Å². The van der Waals surface area contributed by atoms with E-state index in [1.807, 2.05) is 6.26 Å². The van der Waals surface area contributed by atoms with Gasteiger partial charge in [-0.1, -0.05) is 0 Å². The highest BCUT2D eigenvalue weighted by atomic mass is 32.2. The quantitative estimate of drug-likeness (QED) is 0.553. The fourth-order valence-corrected chi connectivity index (χ4v) is 1.19. The highest BCUT2D eigenvalue weighted by Crippen LogP contribution is 2.00. The Morgan fingerprint density at radius 3 is 2.73 bits per heavy atom. The van der Waals surface area contributed by atoms with Gasteiger partial charge in [0, 0.05) is 26.6 Å². The van der Waals surface area contributed by atoms with E-state index in [1.165, 1.54) is 0 Å². The molecule has 0 aromatic carbocycles. The van der Waals surface area contributed by atoms with Gasteiger partial charge in [-0.15, -0.1) is 0 Å². The first-order valence-corrected chi connectivity index (χ1v) is 5.20. The second kappa shape index (κ2) is 8.08. The van der Waals surface area contributed by atoms with Crippen LogP contribution in [0.3, 0.4) is 0 Å². The van der Waals surface area contributed by atoms with Crippen LogP contribution < -0.4 is 0 Å². The molecule has 3 heteroatoms. The smallest absolute Gasteiger partial charge is 0.133 e. The van der Waals surface area contributed by atoms with E-state index in [2.05, 4.69) is 0 Å². The molecule has 0 aliphatic heterocycles. The number of carbonyl (C=O) groups excluding carboxylic acids is 1. The zero-order valence-corrected chi connectivity index (χ0v) is 8.08. The minimum absolute atomic E-state index is 0.358. The molecule has 0 amide bonds. The SMILES string of the molecule is COCCCC(=O)CCSC. The highest BCUT2D eigenvalue weighted by Gasteiger charge is 1.99. The summed E-state index contributed by atoms with van der Waals surface area (Å²) in [4.78, 5) is 11.0. The summed E-state index contributed by atoms with van der Waals surface area (Å²) < 4.78 is 4.84. The number of ketones is 1. The van der Waals surface area contributed by atoms with Crippen LogP contribution in [-0.4, -0.2) is 31.5 Å². The fraction of sp³-hybridized carbons (Fsp3) is 0.875. The van der Waals surface area contributed by atoms with Crippen LogP contribution in [0.5, 0.6) is 0 Å². The summed E-state index contributed by atoms with van der Waals surface area (Å²) in [6, 6.07) is 0. The Morgan fingerprint density at radius 1 is 1.45 bits per heavy atom. The lowest BCUT2D eigenvalue weighted by molar-refractivity contribution is -0.118. The average Bonchev–Trinajstić information content (AvgIpc) is 2.01. The van der Waals surface area contributed by atoms with Crippen molar-refractivity contribution in [1.29, 1.82) is 0 Å². The molecule has 0 rings (SSSR count). The van der Waals surface area contributed by atoms with Crippen molar-refractivity contribution in [1.82, 2.24) is 0 Å². The summed E-state index contributed by atoms with van der Waals surface area (Å²) in [6.07, 6.45) is 4.27. The third-order valence-electron chi connectivity index (χ3n) is 1.39. The molecule has 0 saturated heterocycles. The first kappa shape index (κ1) is 11.0. The van der Waals surface area contributed by atoms with Crippen LogP contribution in [0.1, 0.15) is 19.3 Å². The molecule has 0 aliphatic carbocycles. The third kappa shape index (κ3) is 7.88. The van der Waals surface area contributed by atoms with Crippen molar-refractivity contribution >= 4 is 17.5 Å². The summed E-state index contributed by atoms with van der Waals surface area (Å²) in [7, 11) is 1.66. The molecule has 0 unspecified atom stereocenters. The molecule has 0 heterocycles. The van der Waals surface area contributed by atoms with E-state index in [-0.39, 0.29) is 0 Å². The maximum atomic E-state index is 11.0. The number of ether oxygens (including phenoxy) is 1. The van der Waals surface area contributed by atoms with Crippen molar-refractivity contribution in [3.63, 3.8) is 0 Å². The van der Waals surface area contributed by atoms with Crippen molar-refractivity contribution in [3.8, 4) is 0 Å². The Hall–Kier alpha value is -0.0200. The van der Waals surface area contributed by atoms with Crippen molar-refractivity contribution < 1.29 is 9.53 Å². The Balaban J connectivity index is 3.09. The number of thioether (sulfide) groups is 1. The lowest BCUT2D eigenvalue weighted by atomic mass is 10.2. The molecule has 0 aromatic heterocycles. The third-order valence-corrected chi connectivity index (χ3v) is 2.00. The first-order valence-electron chi connectivity index (χ1n) is 3.81. The Labute approximate surface area is 72.7 Å². The highest BCUT2D eigenvalue weighted by molar-refractivity contribution is 7.98. The monoisotopic (exact) mass is 176 g/mol. The van der Waals surface area contributed by atoms with Gasteiger partial charge in [-0.3, -0.25) is 4.79 Å². The fourth-order valence-electron chi connectivity index (χ4n) is 0.755.